The van der Waals surface area contributed by atoms with Crippen LogP contribution in [-0.4, -0.2) is 18.2 Å². The minimum Gasteiger partial charge on any atom is -0.508 e. The molecule has 0 aliphatic carbocycles. The maximum atomic E-state index is 9.37. The normalized spacial score (nSPS) is 12.3. The number of halogens is 1. The van der Waals surface area contributed by atoms with Gasteiger partial charge in [-0.1, -0.05) is 47.1 Å². The summed E-state index contributed by atoms with van der Waals surface area (Å²) in [6.45, 7) is 4.05. The summed E-state index contributed by atoms with van der Waals surface area (Å²) >= 11 is 3.54. The average Bonchev–Trinajstić information content (AvgIpc) is 2.45. The lowest BCUT2D eigenvalue weighted by Crippen LogP contribution is -2.22. The van der Waals surface area contributed by atoms with E-state index in [0.29, 0.717) is 11.7 Å². The van der Waals surface area contributed by atoms with E-state index in [1.807, 2.05) is 18.2 Å². The van der Waals surface area contributed by atoms with Crippen LogP contribution < -0.4 is 5.32 Å². The molecule has 0 spiro atoms. The van der Waals surface area contributed by atoms with E-state index < -0.39 is 0 Å². The Morgan fingerprint density at radius 3 is 2.55 bits per heavy atom. The average molecular weight is 334 g/mol. The zero-order valence-electron chi connectivity index (χ0n) is 11.6. The molecule has 3 heteroatoms. The standard InChI is InChI=1S/C17H20BrNO/c1-2-19-12-15(14-4-3-5-16(18)11-14)10-13-6-8-17(20)9-7-13/h3-9,11,15,19-20H,2,10,12H2,1H3. The summed E-state index contributed by atoms with van der Waals surface area (Å²) in [6, 6.07) is 16.0. The van der Waals surface area contributed by atoms with Crippen molar-refractivity contribution in [2.75, 3.05) is 13.1 Å². The number of rotatable bonds is 6. The molecule has 0 amide bonds. The van der Waals surface area contributed by atoms with Crippen molar-refractivity contribution in [1.82, 2.24) is 5.32 Å². The van der Waals surface area contributed by atoms with Crippen LogP contribution in [0, 0.1) is 0 Å². The van der Waals surface area contributed by atoms with Crippen molar-refractivity contribution in [3.63, 3.8) is 0 Å². The highest BCUT2D eigenvalue weighted by atomic mass is 79.9. The Kier molecular flexibility index (Phi) is 5.62. The van der Waals surface area contributed by atoms with Gasteiger partial charge in [-0.3, -0.25) is 0 Å². The Balaban J connectivity index is 2.16. The van der Waals surface area contributed by atoms with Crippen LogP contribution in [0.4, 0.5) is 0 Å². The van der Waals surface area contributed by atoms with Crippen molar-refractivity contribution < 1.29 is 5.11 Å². The first-order valence-electron chi connectivity index (χ1n) is 6.93. The van der Waals surface area contributed by atoms with E-state index in [1.165, 1.54) is 11.1 Å². The number of hydrogen-bond donors (Lipinski definition) is 2. The van der Waals surface area contributed by atoms with E-state index in [1.54, 1.807) is 12.1 Å². The van der Waals surface area contributed by atoms with E-state index in [-0.39, 0.29) is 0 Å². The van der Waals surface area contributed by atoms with E-state index in [0.717, 1.165) is 24.0 Å². The molecule has 106 valence electrons. The van der Waals surface area contributed by atoms with E-state index in [9.17, 15) is 5.11 Å². The van der Waals surface area contributed by atoms with Gasteiger partial charge in [-0.2, -0.15) is 0 Å². The van der Waals surface area contributed by atoms with Crippen molar-refractivity contribution in [3.05, 3.63) is 64.1 Å². The summed E-state index contributed by atoms with van der Waals surface area (Å²) in [5, 5.41) is 12.8. The van der Waals surface area contributed by atoms with Gasteiger partial charge in [-0.15, -0.1) is 0 Å². The van der Waals surface area contributed by atoms with Gasteiger partial charge < -0.3 is 10.4 Å². The lowest BCUT2D eigenvalue weighted by atomic mass is 9.92. The van der Waals surface area contributed by atoms with Crippen LogP contribution >= 0.6 is 15.9 Å². The number of aromatic hydroxyl groups is 1. The third kappa shape index (κ3) is 4.36. The second-order valence-electron chi connectivity index (χ2n) is 4.93. The Labute approximate surface area is 129 Å². The highest BCUT2D eigenvalue weighted by Gasteiger charge is 2.12. The summed E-state index contributed by atoms with van der Waals surface area (Å²) in [6.07, 6.45) is 0.962. The molecule has 2 aromatic carbocycles. The number of likely N-dealkylation sites (N-methyl/N-ethyl adjacent to an activating group) is 1. The fourth-order valence-electron chi connectivity index (χ4n) is 2.30. The Hall–Kier alpha value is -1.32. The van der Waals surface area contributed by atoms with Gasteiger partial charge in [-0.25, -0.2) is 0 Å². The van der Waals surface area contributed by atoms with Gasteiger partial charge in [0.1, 0.15) is 5.75 Å². The first-order chi connectivity index (χ1) is 9.69. The van der Waals surface area contributed by atoms with Crippen LogP contribution in [0.3, 0.4) is 0 Å². The third-order valence-corrected chi connectivity index (χ3v) is 3.87. The summed E-state index contributed by atoms with van der Waals surface area (Å²) in [5.74, 6) is 0.747. The highest BCUT2D eigenvalue weighted by Crippen LogP contribution is 2.24. The monoisotopic (exact) mass is 333 g/mol. The van der Waals surface area contributed by atoms with Gasteiger partial charge in [0.2, 0.25) is 0 Å². The van der Waals surface area contributed by atoms with Gasteiger partial charge >= 0.3 is 0 Å². The molecule has 0 aliphatic rings. The Bertz CT molecular complexity index is 539. The number of hydrogen-bond acceptors (Lipinski definition) is 2. The lowest BCUT2D eigenvalue weighted by molar-refractivity contribution is 0.475. The van der Waals surface area contributed by atoms with Crippen LogP contribution in [0.5, 0.6) is 5.75 Å². The molecule has 0 bridgehead atoms. The lowest BCUT2D eigenvalue weighted by Gasteiger charge is -2.18. The van der Waals surface area contributed by atoms with Gasteiger partial charge in [0.25, 0.3) is 0 Å². The topological polar surface area (TPSA) is 32.3 Å². The largest absolute Gasteiger partial charge is 0.508 e. The van der Waals surface area contributed by atoms with Crippen molar-refractivity contribution in [2.24, 2.45) is 0 Å². The molecule has 2 N–H and O–H groups in total. The smallest absolute Gasteiger partial charge is 0.115 e. The molecule has 2 rings (SSSR count). The molecule has 1 atom stereocenters. The summed E-state index contributed by atoms with van der Waals surface area (Å²) < 4.78 is 1.11. The quantitative estimate of drug-likeness (QED) is 0.834. The predicted molar refractivity (Wildman–Crippen MR) is 87.2 cm³/mol. The molecule has 0 fully saturated rings. The number of phenolic OH excluding ortho intramolecular Hbond substituents is 1. The zero-order valence-corrected chi connectivity index (χ0v) is 13.2. The Morgan fingerprint density at radius 1 is 1.15 bits per heavy atom. The summed E-state index contributed by atoms with van der Waals surface area (Å²) in [5.41, 5.74) is 2.57. The van der Waals surface area contributed by atoms with Gasteiger partial charge in [-0.05, 0) is 48.4 Å². The SMILES string of the molecule is CCNCC(Cc1ccc(O)cc1)c1cccc(Br)c1. The molecule has 0 radical (unpaired) electrons. The van der Waals surface area contributed by atoms with Crippen LogP contribution in [0.25, 0.3) is 0 Å². The molecule has 1 unspecified atom stereocenters. The molecular weight excluding hydrogens is 314 g/mol. The van der Waals surface area contributed by atoms with Crippen molar-refractivity contribution in [3.8, 4) is 5.75 Å². The summed E-state index contributed by atoms with van der Waals surface area (Å²) in [7, 11) is 0. The maximum Gasteiger partial charge on any atom is 0.115 e. The Morgan fingerprint density at radius 2 is 1.90 bits per heavy atom. The first kappa shape index (κ1) is 15.1. The minimum absolute atomic E-state index is 0.319. The fourth-order valence-corrected chi connectivity index (χ4v) is 2.72. The summed E-state index contributed by atoms with van der Waals surface area (Å²) in [4.78, 5) is 0. The molecule has 0 saturated heterocycles. The molecule has 0 aliphatic heterocycles. The number of nitrogens with one attached hydrogen (secondary N) is 1. The second-order valence-corrected chi connectivity index (χ2v) is 5.85. The van der Waals surface area contributed by atoms with Crippen LogP contribution in [0.15, 0.2) is 53.0 Å². The molecule has 2 aromatic rings. The van der Waals surface area contributed by atoms with E-state index >= 15 is 0 Å². The van der Waals surface area contributed by atoms with Crippen LogP contribution in [0.2, 0.25) is 0 Å². The zero-order chi connectivity index (χ0) is 14.4. The van der Waals surface area contributed by atoms with Crippen molar-refractivity contribution in [2.45, 2.75) is 19.3 Å². The van der Waals surface area contributed by atoms with Gasteiger partial charge in [0.15, 0.2) is 0 Å². The minimum atomic E-state index is 0.319. The highest BCUT2D eigenvalue weighted by molar-refractivity contribution is 9.10. The molecule has 20 heavy (non-hydrogen) atoms. The maximum absolute atomic E-state index is 9.37. The van der Waals surface area contributed by atoms with E-state index in [2.05, 4.69) is 46.4 Å². The molecule has 0 saturated carbocycles. The van der Waals surface area contributed by atoms with Crippen LogP contribution in [-0.2, 0) is 6.42 Å². The van der Waals surface area contributed by atoms with Crippen molar-refractivity contribution in [1.29, 1.82) is 0 Å². The van der Waals surface area contributed by atoms with Crippen molar-refractivity contribution >= 4 is 15.9 Å². The van der Waals surface area contributed by atoms with E-state index in [4.69, 9.17) is 0 Å². The number of benzene rings is 2. The molecule has 2 nitrogen and oxygen atoms in total. The third-order valence-electron chi connectivity index (χ3n) is 3.38. The van der Waals surface area contributed by atoms with Gasteiger partial charge in [0, 0.05) is 16.9 Å². The van der Waals surface area contributed by atoms with Crippen LogP contribution in [0.1, 0.15) is 24.0 Å². The molecular formula is C17H20BrNO. The molecule has 0 heterocycles. The molecule has 0 aromatic heterocycles. The predicted octanol–water partition coefficient (Wildman–Crippen LogP) is 4.09. The fraction of sp³-hybridized carbons (Fsp3) is 0.294. The number of phenols is 1. The van der Waals surface area contributed by atoms with Gasteiger partial charge in [0.05, 0.1) is 0 Å². The first-order valence-corrected chi connectivity index (χ1v) is 7.72. The second kappa shape index (κ2) is 7.46.